The lowest BCUT2D eigenvalue weighted by Crippen LogP contribution is -2.16. The van der Waals surface area contributed by atoms with E-state index in [1.54, 1.807) is 16.8 Å². The van der Waals surface area contributed by atoms with Gasteiger partial charge in [-0.25, -0.2) is 15.0 Å². The molecule has 1 amide bonds. The van der Waals surface area contributed by atoms with Gasteiger partial charge in [-0.1, -0.05) is 6.07 Å². The number of aromatic hydroxyl groups is 1. The van der Waals surface area contributed by atoms with Crippen molar-refractivity contribution in [2.45, 2.75) is 12.2 Å². The number of carbonyl (C=O) groups is 1. The predicted octanol–water partition coefficient (Wildman–Crippen LogP) is 2.34. The van der Waals surface area contributed by atoms with Crippen molar-refractivity contribution in [1.29, 1.82) is 0 Å². The van der Waals surface area contributed by atoms with Gasteiger partial charge in [0.15, 0.2) is 23.0 Å². The summed E-state index contributed by atoms with van der Waals surface area (Å²) in [4.78, 5) is 28.2. The van der Waals surface area contributed by atoms with Gasteiger partial charge in [-0.3, -0.25) is 4.79 Å². The molecule has 0 saturated carbocycles. The highest BCUT2D eigenvalue weighted by molar-refractivity contribution is 8.00. The number of hydrogen-bond acceptors (Lipinski definition) is 8. The molecule has 1 aliphatic heterocycles. The molecule has 4 heterocycles. The maximum Gasteiger partial charge on any atom is 0.235 e. The molecule has 0 spiro atoms. The Morgan fingerprint density at radius 3 is 3.00 bits per heavy atom. The lowest BCUT2D eigenvalue weighted by molar-refractivity contribution is -0.113. The van der Waals surface area contributed by atoms with Gasteiger partial charge >= 0.3 is 0 Å². The molecule has 1 aliphatic rings. The molecule has 5 rings (SSSR count). The van der Waals surface area contributed by atoms with Crippen LogP contribution in [0.5, 0.6) is 11.5 Å². The van der Waals surface area contributed by atoms with E-state index in [9.17, 15) is 9.90 Å². The molecular formula is C19H17N7O3S. The molecule has 0 unspecified atom stereocenters. The van der Waals surface area contributed by atoms with E-state index in [1.807, 2.05) is 13.0 Å². The average Bonchev–Trinajstić information content (AvgIpc) is 3.29. The number of aryl methyl sites for hydroxylation is 1. The lowest BCUT2D eigenvalue weighted by atomic mass is 10.0. The molecule has 152 valence electrons. The van der Waals surface area contributed by atoms with Gasteiger partial charge in [-0.05, 0) is 24.6 Å². The first-order valence-corrected chi connectivity index (χ1v) is 10.1. The molecule has 30 heavy (non-hydrogen) atoms. The number of rotatable bonds is 3. The molecule has 0 bridgehead atoms. The molecule has 1 atom stereocenters. The molecule has 10 nitrogen and oxygen atoms in total. The van der Waals surface area contributed by atoms with E-state index < -0.39 is 0 Å². The first-order valence-electron chi connectivity index (χ1n) is 9.09. The van der Waals surface area contributed by atoms with E-state index in [0.29, 0.717) is 28.5 Å². The second-order valence-electron chi connectivity index (χ2n) is 6.73. The zero-order valence-electron chi connectivity index (χ0n) is 16.1. The van der Waals surface area contributed by atoms with Crippen LogP contribution in [0.15, 0.2) is 30.9 Å². The number of fused-ring (bicyclic) bond motifs is 2. The van der Waals surface area contributed by atoms with Gasteiger partial charge in [0.1, 0.15) is 17.7 Å². The number of benzene rings is 1. The van der Waals surface area contributed by atoms with E-state index >= 15 is 0 Å². The minimum atomic E-state index is -0.193. The van der Waals surface area contributed by atoms with Crippen molar-refractivity contribution in [3.05, 3.63) is 47.7 Å². The number of aromatic amines is 1. The lowest BCUT2D eigenvalue weighted by Gasteiger charge is -2.16. The van der Waals surface area contributed by atoms with Crippen LogP contribution in [0.1, 0.15) is 22.1 Å². The SMILES string of the molecule is COc1cc([C@H]2SCC(=O)Nc3c2c(C)nn3-c2ncnc3nc[nH]c23)ccc1O. The Balaban J connectivity index is 1.72. The van der Waals surface area contributed by atoms with Crippen LogP contribution in [0.3, 0.4) is 0 Å². The standard InChI is InChI=1S/C19H17N7O3S/c1-9-14-16(10-3-4-11(27)12(5-10)29-2)30-6-13(28)24-18(14)26(25-9)19-15-17(21-7-20-15)22-8-23-19/h3-5,7-8,16,27H,6H2,1-2H3,(H,24,28)(H,20,21,22,23)/t16-/m1/s1. The van der Waals surface area contributed by atoms with Crippen LogP contribution in [-0.4, -0.2) is 53.6 Å². The molecular weight excluding hydrogens is 406 g/mol. The van der Waals surface area contributed by atoms with Gasteiger partial charge in [0.25, 0.3) is 0 Å². The number of carbonyl (C=O) groups excluding carboxylic acids is 1. The monoisotopic (exact) mass is 423 g/mol. The summed E-state index contributed by atoms with van der Waals surface area (Å²) in [6.45, 7) is 1.89. The zero-order valence-corrected chi connectivity index (χ0v) is 16.9. The third-order valence-corrected chi connectivity index (χ3v) is 6.19. The highest BCUT2D eigenvalue weighted by Gasteiger charge is 2.32. The number of phenolic OH excluding ortho intramolecular Hbond substituents is 1. The highest BCUT2D eigenvalue weighted by Crippen LogP contribution is 2.45. The summed E-state index contributed by atoms with van der Waals surface area (Å²) in [5.41, 5.74) is 3.64. The number of imidazole rings is 1. The largest absolute Gasteiger partial charge is 0.504 e. The fraction of sp³-hybridized carbons (Fsp3) is 0.211. The fourth-order valence-corrected chi connectivity index (χ4v) is 4.75. The molecule has 0 radical (unpaired) electrons. The Kier molecular flexibility index (Phi) is 4.31. The van der Waals surface area contributed by atoms with Crippen LogP contribution in [0, 0.1) is 6.92 Å². The number of phenols is 1. The average molecular weight is 423 g/mol. The number of methoxy groups -OCH3 is 1. The Labute approximate surface area is 174 Å². The molecule has 1 aromatic carbocycles. The van der Waals surface area contributed by atoms with Crippen molar-refractivity contribution in [1.82, 2.24) is 29.7 Å². The van der Waals surface area contributed by atoms with Crippen molar-refractivity contribution < 1.29 is 14.6 Å². The van der Waals surface area contributed by atoms with Crippen LogP contribution in [0.25, 0.3) is 17.0 Å². The van der Waals surface area contributed by atoms with Gasteiger partial charge in [0, 0.05) is 5.56 Å². The molecule has 4 aromatic rings. The van der Waals surface area contributed by atoms with E-state index in [-0.39, 0.29) is 22.7 Å². The first kappa shape index (κ1) is 18.4. The summed E-state index contributed by atoms with van der Waals surface area (Å²) in [5, 5.41) is 17.4. The van der Waals surface area contributed by atoms with Crippen LogP contribution in [0.2, 0.25) is 0 Å². The number of hydrogen-bond donors (Lipinski definition) is 3. The molecule has 11 heteroatoms. The number of H-pyrrole nitrogens is 1. The van der Waals surface area contributed by atoms with Gasteiger partial charge < -0.3 is 20.1 Å². The van der Waals surface area contributed by atoms with Crippen molar-refractivity contribution >= 4 is 34.7 Å². The van der Waals surface area contributed by atoms with Crippen LogP contribution >= 0.6 is 11.8 Å². The first-order chi connectivity index (χ1) is 14.6. The number of ether oxygens (including phenoxy) is 1. The Morgan fingerprint density at radius 2 is 2.17 bits per heavy atom. The number of anilines is 1. The zero-order chi connectivity index (χ0) is 20.8. The summed E-state index contributed by atoms with van der Waals surface area (Å²) in [6.07, 6.45) is 2.95. The second kappa shape index (κ2) is 7.02. The molecule has 0 saturated heterocycles. The number of amides is 1. The normalized spacial score (nSPS) is 16.2. The van der Waals surface area contributed by atoms with Crippen molar-refractivity contribution in [3.8, 4) is 17.3 Å². The predicted molar refractivity (Wildman–Crippen MR) is 111 cm³/mol. The molecule has 0 fully saturated rings. The van der Waals surface area contributed by atoms with Crippen molar-refractivity contribution in [2.24, 2.45) is 0 Å². The number of nitrogens with one attached hydrogen (secondary N) is 2. The van der Waals surface area contributed by atoms with Crippen molar-refractivity contribution in [2.75, 3.05) is 18.2 Å². The van der Waals surface area contributed by atoms with Gasteiger partial charge in [-0.15, -0.1) is 11.8 Å². The smallest absolute Gasteiger partial charge is 0.235 e. The minimum absolute atomic E-state index is 0.0596. The summed E-state index contributed by atoms with van der Waals surface area (Å²) in [6, 6.07) is 5.19. The quantitative estimate of drug-likeness (QED) is 0.458. The Bertz CT molecular complexity index is 1280. The number of thioether (sulfide) groups is 1. The van der Waals surface area contributed by atoms with E-state index in [2.05, 4.69) is 30.4 Å². The number of aromatic nitrogens is 6. The highest BCUT2D eigenvalue weighted by atomic mass is 32.2. The van der Waals surface area contributed by atoms with E-state index in [1.165, 1.54) is 31.5 Å². The third-order valence-electron chi connectivity index (χ3n) is 4.92. The topological polar surface area (TPSA) is 131 Å². The third kappa shape index (κ3) is 2.86. The van der Waals surface area contributed by atoms with E-state index in [0.717, 1.165) is 16.8 Å². The van der Waals surface area contributed by atoms with Crippen LogP contribution in [0.4, 0.5) is 5.82 Å². The van der Waals surface area contributed by atoms with Crippen LogP contribution < -0.4 is 10.1 Å². The summed E-state index contributed by atoms with van der Waals surface area (Å²) in [5.74, 6) is 1.61. The van der Waals surface area contributed by atoms with Gasteiger partial charge in [0.2, 0.25) is 5.91 Å². The summed E-state index contributed by atoms with van der Waals surface area (Å²) >= 11 is 1.49. The molecule has 3 aromatic heterocycles. The summed E-state index contributed by atoms with van der Waals surface area (Å²) in [7, 11) is 1.50. The molecule has 0 aliphatic carbocycles. The Morgan fingerprint density at radius 1 is 1.30 bits per heavy atom. The minimum Gasteiger partial charge on any atom is -0.504 e. The fourth-order valence-electron chi connectivity index (χ4n) is 3.57. The van der Waals surface area contributed by atoms with Gasteiger partial charge in [0.05, 0.1) is 30.1 Å². The van der Waals surface area contributed by atoms with E-state index in [4.69, 9.17) is 4.74 Å². The molecule has 3 N–H and O–H groups in total. The maximum atomic E-state index is 12.5. The van der Waals surface area contributed by atoms with Gasteiger partial charge in [-0.2, -0.15) is 9.78 Å². The second-order valence-corrected chi connectivity index (χ2v) is 7.82. The summed E-state index contributed by atoms with van der Waals surface area (Å²) < 4.78 is 6.88. The van der Waals surface area contributed by atoms with Crippen LogP contribution in [-0.2, 0) is 4.79 Å². The number of nitrogens with zero attached hydrogens (tertiary/aromatic N) is 5. The van der Waals surface area contributed by atoms with Crippen molar-refractivity contribution in [3.63, 3.8) is 0 Å². The Hall–Kier alpha value is -3.60. The maximum absolute atomic E-state index is 12.5.